The Bertz CT molecular complexity index is 819. The van der Waals surface area contributed by atoms with E-state index < -0.39 is 0 Å². The van der Waals surface area contributed by atoms with Crippen molar-refractivity contribution < 1.29 is 4.42 Å². The van der Waals surface area contributed by atoms with E-state index in [2.05, 4.69) is 66.5 Å². The first kappa shape index (κ1) is 14.3. The molecule has 116 valence electrons. The van der Waals surface area contributed by atoms with E-state index >= 15 is 0 Å². The van der Waals surface area contributed by atoms with Crippen LogP contribution in [0, 0.1) is 6.92 Å². The standard InChI is InChI=1S/C21H21NO/c1-15-8-11-21(23-15)17-9-10-19-18(12-17)13-22(2)14-20(19)16-6-4-3-5-7-16/h3-12,20H,13-14H2,1-2H3/t20-/m1/s1. The van der Waals surface area contributed by atoms with Gasteiger partial charge in [-0.2, -0.15) is 0 Å². The van der Waals surface area contributed by atoms with Gasteiger partial charge in [-0.25, -0.2) is 0 Å². The fraction of sp³-hybridized carbons (Fsp3) is 0.238. The van der Waals surface area contributed by atoms with Crippen molar-refractivity contribution in [3.05, 3.63) is 83.1 Å². The lowest BCUT2D eigenvalue weighted by Crippen LogP contribution is -2.30. The summed E-state index contributed by atoms with van der Waals surface area (Å²) in [6.45, 7) is 4.05. The Hall–Kier alpha value is -2.32. The predicted octanol–water partition coefficient (Wildman–Crippen LogP) is 4.83. The fourth-order valence-electron chi connectivity index (χ4n) is 3.56. The van der Waals surface area contributed by atoms with Gasteiger partial charge in [-0.05, 0) is 48.9 Å². The Balaban J connectivity index is 1.77. The van der Waals surface area contributed by atoms with E-state index in [1.54, 1.807) is 0 Å². The Morgan fingerprint density at radius 2 is 1.83 bits per heavy atom. The van der Waals surface area contributed by atoms with Crippen LogP contribution in [0.2, 0.25) is 0 Å². The summed E-state index contributed by atoms with van der Waals surface area (Å²) < 4.78 is 5.79. The summed E-state index contributed by atoms with van der Waals surface area (Å²) in [5.41, 5.74) is 5.40. The first-order chi connectivity index (χ1) is 11.2. The summed E-state index contributed by atoms with van der Waals surface area (Å²) in [4.78, 5) is 2.40. The van der Waals surface area contributed by atoms with Crippen LogP contribution in [0.3, 0.4) is 0 Å². The molecular weight excluding hydrogens is 282 g/mol. The molecule has 0 saturated carbocycles. The molecule has 0 radical (unpaired) electrons. The quantitative estimate of drug-likeness (QED) is 0.674. The predicted molar refractivity (Wildman–Crippen MR) is 93.5 cm³/mol. The minimum absolute atomic E-state index is 0.442. The number of rotatable bonds is 2. The smallest absolute Gasteiger partial charge is 0.134 e. The Kier molecular flexibility index (Phi) is 3.55. The lowest BCUT2D eigenvalue weighted by molar-refractivity contribution is 0.295. The number of nitrogens with zero attached hydrogens (tertiary/aromatic N) is 1. The maximum absolute atomic E-state index is 5.79. The van der Waals surface area contributed by atoms with Crippen LogP contribution in [0.4, 0.5) is 0 Å². The maximum Gasteiger partial charge on any atom is 0.134 e. The largest absolute Gasteiger partial charge is 0.461 e. The molecule has 0 N–H and O–H groups in total. The molecule has 0 saturated heterocycles. The number of likely N-dealkylation sites (N-methyl/N-ethyl adjacent to an activating group) is 1. The SMILES string of the molecule is Cc1ccc(-c2ccc3c(c2)CN(C)C[C@@H]3c2ccccc2)o1. The average Bonchev–Trinajstić information content (AvgIpc) is 3.01. The number of furan rings is 1. The number of hydrogen-bond acceptors (Lipinski definition) is 2. The summed E-state index contributed by atoms with van der Waals surface area (Å²) in [6, 6.07) is 21.7. The highest BCUT2D eigenvalue weighted by molar-refractivity contribution is 5.61. The van der Waals surface area contributed by atoms with Crippen molar-refractivity contribution in [2.45, 2.75) is 19.4 Å². The van der Waals surface area contributed by atoms with Gasteiger partial charge < -0.3 is 9.32 Å². The highest BCUT2D eigenvalue weighted by Crippen LogP contribution is 2.35. The summed E-state index contributed by atoms with van der Waals surface area (Å²) in [5, 5.41) is 0. The maximum atomic E-state index is 5.79. The molecule has 3 aromatic rings. The van der Waals surface area contributed by atoms with Gasteiger partial charge in [-0.1, -0.05) is 42.5 Å². The molecule has 0 fully saturated rings. The van der Waals surface area contributed by atoms with Crippen molar-refractivity contribution in [3.8, 4) is 11.3 Å². The van der Waals surface area contributed by atoms with Gasteiger partial charge in [0.2, 0.25) is 0 Å². The number of hydrogen-bond donors (Lipinski definition) is 0. The zero-order valence-electron chi connectivity index (χ0n) is 13.6. The van der Waals surface area contributed by atoms with Gasteiger partial charge in [-0.15, -0.1) is 0 Å². The molecule has 2 nitrogen and oxygen atoms in total. The monoisotopic (exact) mass is 303 g/mol. The third-order valence-corrected chi connectivity index (χ3v) is 4.68. The van der Waals surface area contributed by atoms with Crippen molar-refractivity contribution in [2.24, 2.45) is 0 Å². The molecule has 0 aliphatic carbocycles. The molecule has 2 heteroatoms. The van der Waals surface area contributed by atoms with Crippen LogP contribution in [-0.4, -0.2) is 18.5 Å². The van der Waals surface area contributed by atoms with Crippen LogP contribution in [0.5, 0.6) is 0 Å². The molecule has 1 aliphatic heterocycles. The second kappa shape index (κ2) is 5.71. The highest BCUT2D eigenvalue weighted by atomic mass is 16.3. The van der Waals surface area contributed by atoms with Crippen LogP contribution >= 0.6 is 0 Å². The summed E-state index contributed by atoms with van der Waals surface area (Å²) in [7, 11) is 2.20. The molecule has 1 aliphatic rings. The van der Waals surface area contributed by atoms with Gasteiger partial charge >= 0.3 is 0 Å². The van der Waals surface area contributed by atoms with E-state index in [9.17, 15) is 0 Å². The summed E-state index contributed by atoms with van der Waals surface area (Å²) in [5.74, 6) is 2.35. The van der Waals surface area contributed by atoms with Crippen molar-refractivity contribution >= 4 is 0 Å². The van der Waals surface area contributed by atoms with Gasteiger partial charge in [0.25, 0.3) is 0 Å². The molecule has 0 amide bonds. The van der Waals surface area contributed by atoms with Crippen molar-refractivity contribution in [1.82, 2.24) is 4.90 Å². The van der Waals surface area contributed by atoms with Crippen LogP contribution in [0.1, 0.15) is 28.4 Å². The van der Waals surface area contributed by atoms with E-state index in [0.29, 0.717) is 5.92 Å². The van der Waals surface area contributed by atoms with Gasteiger partial charge in [0, 0.05) is 24.6 Å². The van der Waals surface area contributed by atoms with E-state index in [1.807, 2.05) is 13.0 Å². The number of fused-ring (bicyclic) bond motifs is 1. The van der Waals surface area contributed by atoms with E-state index in [4.69, 9.17) is 4.42 Å². The normalized spacial score (nSPS) is 17.9. The van der Waals surface area contributed by atoms with Crippen LogP contribution in [0.25, 0.3) is 11.3 Å². The summed E-state index contributed by atoms with van der Waals surface area (Å²) >= 11 is 0. The van der Waals surface area contributed by atoms with E-state index in [0.717, 1.165) is 24.6 Å². The molecule has 1 aromatic heterocycles. The highest BCUT2D eigenvalue weighted by Gasteiger charge is 2.25. The minimum atomic E-state index is 0.442. The first-order valence-electron chi connectivity index (χ1n) is 8.14. The molecule has 23 heavy (non-hydrogen) atoms. The molecule has 4 rings (SSSR count). The number of benzene rings is 2. The van der Waals surface area contributed by atoms with Gasteiger partial charge in [-0.3, -0.25) is 0 Å². The van der Waals surface area contributed by atoms with E-state index in [1.165, 1.54) is 22.3 Å². The zero-order chi connectivity index (χ0) is 15.8. The molecule has 0 bridgehead atoms. The van der Waals surface area contributed by atoms with Crippen LogP contribution < -0.4 is 0 Å². The minimum Gasteiger partial charge on any atom is -0.461 e. The lowest BCUT2D eigenvalue weighted by atomic mass is 9.84. The Morgan fingerprint density at radius 3 is 2.57 bits per heavy atom. The van der Waals surface area contributed by atoms with Crippen LogP contribution in [0.15, 0.2) is 65.1 Å². The van der Waals surface area contributed by atoms with Gasteiger partial charge in [0.15, 0.2) is 0 Å². The molecule has 1 atom stereocenters. The van der Waals surface area contributed by atoms with E-state index in [-0.39, 0.29) is 0 Å². The number of aryl methyl sites for hydroxylation is 1. The van der Waals surface area contributed by atoms with Gasteiger partial charge in [0.05, 0.1) is 0 Å². The first-order valence-corrected chi connectivity index (χ1v) is 8.14. The van der Waals surface area contributed by atoms with Crippen molar-refractivity contribution in [2.75, 3.05) is 13.6 Å². The van der Waals surface area contributed by atoms with Crippen molar-refractivity contribution in [1.29, 1.82) is 0 Å². The molecule has 2 heterocycles. The second-order valence-electron chi connectivity index (χ2n) is 6.48. The van der Waals surface area contributed by atoms with Crippen LogP contribution in [-0.2, 0) is 6.54 Å². The topological polar surface area (TPSA) is 16.4 Å². The molecular formula is C21H21NO. The molecule has 0 spiro atoms. The fourth-order valence-corrected chi connectivity index (χ4v) is 3.56. The lowest BCUT2D eigenvalue weighted by Gasteiger charge is -2.33. The zero-order valence-corrected chi connectivity index (χ0v) is 13.6. The molecule has 2 aromatic carbocycles. The summed E-state index contributed by atoms with van der Waals surface area (Å²) in [6.07, 6.45) is 0. The average molecular weight is 303 g/mol. The van der Waals surface area contributed by atoms with Crippen molar-refractivity contribution in [3.63, 3.8) is 0 Å². The molecule has 0 unspecified atom stereocenters. The second-order valence-corrected chi connectivity index (χ2v) is 6.48. The Labute approximate surface area is 137 Å². The Morgan fingerprint density at radius 1 is 1.00 bits per heavy atom. The van der Waals surface area contributed by atoms with Gasteiger partial charge in [0.1, 0.15) is 11.5 Å². The third kappa shape index (κ3) is 2.71. The third-order valence-electron chi connectivity index (χ3n) is 4.68.